The lowest BCUT2D eigenvalue weighted by Crippen LogP contribution is -2.06. The molecule has 2 rings (SSSR count). The maximum atomic E-state index is 12.5. The first-order valence-electron chi connectivity index (χ1n) is 6.42. The molecule has 1 N–H and O–H groups in total. The summed E-state index contributed by atoms with van der Waals surface area (Å²) < 4.78 is 42.7. The van der Waals surface area contributed by atoms with E-state index >= 15 is 0 Å². The lowest BCUT2D eigenvalue weighted by Gasteiger charge is -2.11. The molecule has 0 radical (unpaired) electrons. The minimum atomic E-state index is -4.42. The third-order valence-corrected chi connectivity index (χ3v) is 3.05. The Kier molecular flexibility index (Phi) is 4.68. The van der Waals surface area contributed by atoms with E-state index in [1.807, 2.05) is 0 Å². The molecule has 120 valence electrons. The molecule has 2 aromatic carbocycles. The first-order valence-corrected chi connectivity index (χ1v) is 6.42. The van der Waals surface area contributed by atoms with E-state index in [4.69, 9.17) is 9.84 Å². The van der Waals surface area contributed by atoms with Gasteiger partial charge in [-0.1, -0.05) is 12.1 Å². The molecular weight excluding hydrogens is 313 g/mol. The highest BCUT2D eigenvalue weighted by Gasteiger charge is 2.29. The second-order valence-corrected chi connectivity index (χ2v) is 4.66. The van der Waals surface area contributed by atoms with Crippen molar-refractivity contribution in [3.8, 4) is 5.75 Å². The SMILES string of the molecule is O=Cc1ccc(OCc2ccc(C(F)(F)F)cc2)c(C(=O)O)c1. The van der Waals surface area contributed by atoms with Gasteiger partial charge in [-0.15, -0.1) is 0 Å². The van der Waals surface area contributed by atoms with Crippen molar-refractivity contribution in [2.45, 2.75) is 12.8 Å². The molecule has 0 saturated heterocycles. The average Bonchev–Trinajstić information content (AvgIpc) is 2.52. The number of carboxylic acids is 1. The Labute approximate surface area is 129 Å². The van der Waals surface area contributed by atoms with Gasteiger partial charge in [0.2, 0.25) is 0 Å². The Hall–Kier alpha value is -2.83. The van der Waals surface area contributed by atoms with E-state index < -0.39 is 17.7 Å². The van der Waals surface area contributed by atoms with Gasteiger partial charge < -0.3 is 9.84 Å². The van der Waals surface area contributed by atoms with E-state index in [0.717, 1.165) is 18.2 Å². The highest BCUT2D eigenvalue weighted by Crippen LogP contribution is 2.29. The van der Waals surface area contributed by atoms with Gasteiger partial charge in [0.05, 0.1) is 5.56 Å². The van der Waals surface area contributed by atoms with Gasteiger partial charge >= 0.3 is 12.1 Å². The minimum Gasteiger partial charge on any atom is -0.488 e. The number of carboxylic acid groups (broad SMARTS) is 1. The standard InChI is InChI=1S/C16H11F3O4/c17-16(18,19)12-4-1-10(2-5-12)9-23-14-6-3-11(8-20)7-13(14)15(21)22/h1-8H,9H2,(H,21,22). The fourth-order valence-electron chi connectivity index (χ4n) is 1.86. The van der Waals surface area contributed by atoms with Crippen LogP contribution in [0.4, 0.5) is 13.2 Å². The first-order chi connectivity index (χ1) is 10.8. The molecule has 0 unspecified atom stereocenters. The van der Waals surface area contributed by atoms with Crippen molar-refractivity contribution in [2.24, 2.45) is 0 Å². The van der Waals surface area contributed by atoms with Gasteiger partial charge in [0.1, 0.15) is 24.2 Å². The van der Waals surface area contributed by atoms with Crippen LogP contribution in [0, 0.1) is 0 Å². The predicted molar refractivity (Wildman–Crippen MR) is 74.6 cm³/mol. The zero-order valence-electron chi connectivity index (χ0n) is 11.6. The van der Waals surface area contributed by atoms with Crippen LogP contribution in [-0.4, -0.2) is 17.4 Å². The lowest BCUT2D eigenvalue weighted by molar-refractivity contribution is -0.137. The smallest absolute Gasteiger partial charge is 0.416 e. The minimum absolute atomic E-state index is 0.0306. The van der Waals surface area contributed by atoms with Crippen LogP contribution in [0.5, 0.6) is 5.75 Å². The average molecular weight is 324 g/mol. The van der Waals surface area contributed by atoms with E-state index in [1.165, 1.54) is 24.3 Å². The number of rotatable bonds is 5. The van der Waals surface area contributed by atoms with Crippen LogP contribution in [0.25, 0.3) is 0 Å². The Bertz CT molecular complexity index is 721. The van der Waals surface area contributed by atoms with Crippen molar-refractivity contribution in [3.05, 3.63) is 64.7 Å². The molecule has 0 aromatic heterocycles. The van der Waals surface area contributed by atoms with Crippen LogP contribution in [0.2, 0.25) is 0 Å². The van der Waals surface area contributed by atoms with Crippen LogP contribution in [0.1, 0.15) is 31.8 Å². The Balaban J connectivity index is 2.15. The summed E-state index contributed by atoms with van der Waals surface area (Å²) in [6.45, 7) is -0.0984. The fraction of sp³-hybridized carbons (Fsp3) is 0.125. The van der Waals surface area contributed by atoms with Crippen LogP contribution >= 0.6 is 0 Å². The van der Waals surface area contributed by atoms with Gasteiger partial charge in [-0.3, -0.25) is 4.79 Å². The molecule has 2 aromatic rings. The Morgan fingerprint density at radius 3 is 2.30 bits per heavy atom. The number of hydrogen-bond donors (Lipinski definition) is 1. The molecule has 0 saturated carbocycles. The summed E-state index contributed by atoms with van der Waals surface area (Å²) >= 11 is 0. The topological polar surface area (TPSA) is 63.6 Å². The number of benzene rings is 2. The van der Waals surface area contributed by atoms with Crippen molar-refractivity contribution in [3.63, 3.8) is 0 Å². The van der Waals surface area contributed by atoms with Crippen LogP contribution in [-0.2, 0) is 12.8 Å². The molecule has 0 heterocycles. The van der Waals surface area contributed by atoms with Gasteiger partial charge in [0.25, 0.3) is 0 Å². The highest BCUT2D eigenvalue weighted by molar-refractivity contribution is 5.93. The summed E-state index contributed by atoms with van der Waals surface area (Å²) in [5, 5.41) is 9.09. The number of ether oxygens (including phenoxy) is 1. The number of aromatic carboxylic acids is 1. The van der Waals surface area contributed by atoms with Crippen molar-refractivity contribution in [1.82, 2.24) is 0 Å². The largest absolute Gasteiger partial charge is 0.488 e. The Morgan fingerprint density at radius 1 is 1.13 bits per heavy atom. The second kappa shape index (κ2) is 6.51. The number of aldehydes is 1. The zero-order valence-corrected chi connectivity index (χ0v) is 11.6. The summed E-state index contributed by atoms with van der Waals surface area (Å²) in [5.41, 5.74) is -0.331. The normalized spacial score (nSPS) is 11.1. The van der Waals surface area contributed by atoms with E-state index in [-0.39, 0.29) is 23.5 Å². The molecule has 0 aliphatic rings. The molecule has 0 amide bonds. The number of halogens is 3. The number of carbonyl (C=O) groups excluding carboxylic acids is 1. The Morgan fingerprint density at radius 2 is 1.78 bits per heavy atom. The molecule has 23 heavy (non-hydrogen) atoms. The quantitative estimate of drug-likeness (QED) is 0.850. The first kappa shape index (κ1) is 16.5. The van der Waals surface area contributed by atoms with Gasteiger partial charge in [-0.05, 0) is 35.9 Å². The molecule has 0 fully saturated rings. The molecule has 0 spiro atoms. The number of alkyl halides is 3. The lowest BCUT2D eigenvalue weighted by atomic mass is 10.1. The second-order valence-electron chi connectivity index (χ2n) is 4.66. The molecule has 0 aliphatic heterocycles. The molecular formula is C16H11F3O4. The molecule has 0 bridgehead atoms. The van der Waals surface area contributed by atoms with Crippen molar-refractivity contribution < 1.29 is 32.6 Å². The maximum Gasteiger partial charge on any atom is 0.416 e. The van der Waals surface area contributed by atoms with E-state index in [9.17, 15) is 22.8 Å². The maximum absolute atomic E-state index is 12.5. The summed E-state index contributed by atoms with van der Waals surface area (Å²) in [7, 11) is 0. The number of hydrogen-bond acceptors (Lipinski definition) is 3. The van der Waals surface area contributed by atoms with Gasteiger partial charge in [0.15, 0.2) is 0 Å². The van der Waals surface area contributed by atoms with E-state index in [1.54, 1.807) is 0 Å². The highest BCUT2D eigenvalue weighted by atomic mass is 19.4. The molecule has 0 atom stereocenters. The van der Waals surface area contributed by atoms with E-state index in [2.05, 4.69) is 0 Å². The van der Waals surface area contributed by atoms with Crippen molar-refractivity contribution >= 4 is 12.3 Å². The van der Waals surface area contributed by atoms with Crippen LogP contribution in [0.15, 0.2) is 42.5 Å². The zero-order chi connectivity index (χ0) is 17.0. The summed E-state index contributed by atoms with van der Waals surface area (Å²) in [6.07, 6.45) is -3.91. The third kappa shape index (κ3) is 4.09. The van der Waals surface area contributed by atoms with Crippen LogP contribution in [0.3, 0.4) is 0 Å². The van der Waals surface area contributed by atoms with Gasteiger partial charge in [0, 0.05) is 5.56 Å². The fourth-order valence-corrected chi connectivity index (χ4v) is 1.86. The summed E-state index contributed by atoms with van der Waals surface area (Å²) in [4.78, 5) is 21.8. The van der Waals surface area contributed by atoms with Crippen molar-refractivity contribution in [1.29, 1.82) is 0 Å². The molecule has 7 heteroatoms. The predicted octanol–water partition coefficient (Wildman–Crippen LogP) is 3.80. The summed E-state index contributed by atoms with van der Waals surface area (Å²) in [6, 6.07) is 8.24. The van der Waals surface area contributed by atoms with E-state index in [0.29, 0.717) is 11.8 Å². The molecule has 4 nitrogen and oxygen atoms in total. The van der Waals surface area contributed by atoms with Gasteiger partial charge in [-0.25, -0.2) is 4.79 Å². The van der Waals surface area contributed by atoms with Gasteiger partial charge in [-0.2, -0.15) is 13.2 Å². The molecule has 0 aliphatic carbocycles. The number of carbonyl (C=O) groups is 2. The van der Waals surface area contributed by atoms with Crippen LogP contribution < -0.4 is 4.74 Å². The van der Waals surface area contributed by atoms with Crippen molar-refractivity contribution in [2.75, 3.05) is 0 Å². The monoisotopic (exact) mass is 324 g/mol. The summed E-state index contributed by atoms with van der Waals surface area (Å²) in [5.74, 6) is -1.24. The third-order valence-electron chi connectivity index (χ3n) is 3.05.